The fourth-order valence-electron chi connectivity index (χ4n) is 4.17. The molecule has 1 atom stereocenters. The number of anilines is 1. The largest absolute Gasteiger partial charge is 0.332 e. The maximum atomic E-state index is 13.0. The normalized spacial score (nSPS) is 18.3. The molecule has 0 bridgehead atoms. The quantitative estimate of drug-likeness (QED) is 0.704. The number of likely N-dealkylation sites (tertiary alicyclic amines) is 1. The summed E-state index contributed by atoms with van der Waals surface area (Å²) in [6, 6.07) is 9.03. The number of hydrazone groups is 1. The van der Waals surface area contributed by atoms with Gasteiger partial charge >= 0.3 is 0 Å². The fraction of sp³-hybridized carbons (Fsp3) is 0.417. The van der Waals surface area contributed by atoms with Crippen LogP contribution in [0.1, 0.15) is 72.9 Å². The monoisotopic (exact) mass is 448 g/mol. The van der Waals surface area contributed by atoms with Crippen LogP contribution in [0.15, 0.2) is 41.6 Å². The molecule has 9 heteroatoms. The van der Waals surface area contributed by atoms with E-state index in [1.807, 2.05) is 35.2 Å². The van der Waals surface area contributed by atoms with Gasteiger partial charge in [0.15, 0.2) is 5.82 Å². The van der Waals surface area contributed by atoms with Gasteiger partial charge in [-0.05, 0) is 51.2 Å². The van der Waals surface area contributed by atoms with Gasteiger partial charge in [0, 0.05) is 37.0 Å². The van der Waals surface area contributed by atoms with Crippen molar-refractivity contribution < 1.29 is 14.4 Å². The van der Waals surface area contributed by atoms with Crippen molar-refractivity contribution in [2.75, 3.05) is 11.9 Å². The van der Waals surface area contributed by atoms with E-state index in [1.54, 1.807) is 13.1 Å². The predicted octanol–water partition coefficient (Wildman–Crippen LogP) is 3.14. The number of nitrogens with one attached hydrogen (secondary N) is 2. The first-order chi connectivity index (χ1) is 16.0. The zero-order valence-corrected chi connectivity index (χ0v) is 18.7. The highest BCUT2D eigenvalue weighted by atomic mass is 16.2. The van der Waals surface area contributed by atoms with Crippen LogP contribution < -0.4 is 10.7 Å². The Bertz CT molecular complexity index is 1070. The highest BCUT2D eigenvalue weighted by Crippen LogP contribution is 2.30. The Morgan fingerprint density at radius 2 is 2.00 bits per heavy atom. The van der Waals surface area contributed by atoms with E-state index in [2.05, 4.69) is 25.8 Å². The van der Waals surface area contributed by atoms with Crippen molar-refractivity contribution in [1.29, 1.82) is 0 Å². The molecule has 4 rings (SSSR count). The Morgan fingerprint density at radius 1 is 1.18 bits per heavy atom. The number of benzene rings is 1. The molecule has 0 aliphatic carbocycles. The molecule has 2 aliphatic heterocycles. The molecule has 3 heterocycles. The summed E-state index contributed by atoms with van der Waals surface area (Å²) < 4.78 is 0. The summed E-state index contributed by atoms with van der Waals surface area (Å²) in [5.74, 6) is 0.252. The van der Waals surface area contributed by atoms with Crippen molar-refractivity contribution in [3.63, 3.8) is 0 Å². The molecule has 172 valence electrons. The summed E-state index contributed by atoms with van der Waals surface area (Å²) >= 11 is 0. The Labute approximate surface area is 192 Å². The Hall–Kier alpha value is -3.62. The third-order valence-electron chi connectivity index (χ3n) is 6.00. The lowest BCUT2D eigenvalue weighted by molar-refractivity contribution is -0.135. The van der Waals surface area contributed by atoms with E-state index in [-0.39, 0.29) is 23.8 Å². The van der Waals surface area contributed by atoms with Crippen molar-refractivity contribution in [1.82, 2.24) is 20.3 Å². The van der Waals surface area contributed by atoms with Crippen molar-refractivity contribution in [2.24, 2.45) is 5.10 Å². The van der Waals surface area contributed by atoms with Crippen LogP contribution in [-0.2, 0) is 9.59 Å². The van der Waals surface area contributed by atoms with Gasteiger partial charge < -0.3 is 10.2 Å². The van der Waals surface area contributed by atoms with Gasteiger partial charge in [-0.2, -0.15) is 5.10 Å². The minimum absolute atomic E-state index is 0.0338. The maximum Gasteiger partial charge on any atom is 0.259 e. The Balaban J connectivity index is 1.43. The van der Waals surface area contributed by atoms with Gasteiger partial charge in [-0.1, -0.05) is 18.2 Å². The van der Waals surface area contributed by atoms with Gasteiger partial charge in [0.25, 0.3) is 5.91 Å². The number of carbonyl (C=O) groups excluding carboxylic acids is 3. The van der Waals surface area contributed by atoms with Crippen molar-refractivity contribution in [3.8, 4) is 0 Å². The SMILES string of the molecule is Cc1nc([C@H]2CCCCN2C(=O)CCC2=NNC(=O)CC2)ncc1C(=O)Nc1ccccc1. The molecule has 33 heavy (non-hydrogen) atoms. The highest BCUT2D eigenvalue weighted by molar-refractivity contribution is 6.04. The predicted molar refractivity (Wildman–Crippen MR) is 124 cm³/mol. The van der Waals surface area contributed by atoms with Gasteiger partial charge in [0.05, 0.1) is 17.3 Å². The summed E-state index contributed by atoms with van der Waals surface area (Å²) in [6.45, 7) is 2.45. The molecule has 0 radical (unpaired) electrons. The summed E-state index contributed by atoms with van der Waals surface area (Å²) in [6.07, 6.45) is 6.14. The van der Waals surface area contributed by atoms with Crippen LogP contribution >= 0.6 is 0 Å². The molecule has 0 unspecified atom stereocenters. The van der Waals surface area contributed by atoms with Crippen molar-refractivity contribution >= 4 is 29.1 Å². The van der Waals surface area contributed by atoms with E-state index in [0.717, 1.165) is 25.0 Å². The second-order valence-corrected chi connectivity index (χ2v) is 8.36. The first kappa shape index (κ1) is 22.6. The number of para-hydroxylation sites is 1. The van der Waals surface area contributed by atoms with Crippen LogP contribution in [0.2, 0.25) is 0 Å². The molecular formula is C24H28N6O3. The van der Waals surface area contributed by atoms with Crippen molar-refractivity contribution in [2.45, 2.75) is 57.9 Å². The van der Waals surface area contributed by atoms with E-state index in [4.69, 9.17) is 0 Å². The van der Waals surface area contributed by atoms with Gasteiger partial charge in [0.2, 0.25) is 11.8 Å². The fourth-order valence-corrected chi connectivity index (χ4v) is 4.17. The number of rotatable bonds is 6. The third-order valence-corrected chi connectivity index (χ3v) is 6.00. The van der Waals surface area contributed by atoms with Crippen LogP contribution in [0.25, 0.3) is 0 Å². The van der Waals surface area contributed by atoms with Crippen molar-refractivity contribution in [3.05, 3.63) is 53.6 Å². The number of hydrogen-bond acceptors (Lipinski definition) is 6. The Morgan fingerprint density at radius 3 is 2.73 bits per heavy atom. The molecule has 9 nitrogen and oxygen atoms in total. The molecule has 1 aromatic heterocycles. The molecular weight excluding hydrogens is 420 g/mol. The number of nitrogens with zero attached hydrogens (tertiary/aromatic N) is 4. The molecule has 0 saturated carbocycles. The lowest BCUT2D eigenvalue weighted by Crippen LogP contribution is -2.39. The van der Waals surface area contributed by atoms with E-state index in [0.29, 0.717) is 55.0 Å². The first-order valence-electron chi connectivity index (χ1n) is 11.3. The van der Waals surface area contributed by atoms with Crippen LogP contribution in [0.4, 0.5) is 5.69 Å². The molecule has 3 amide bonds. The topological polar surface area (TPSA) is 117 Å². The number of hydrogen-bond donors (Lipinski definition) is 2. The molecule has 0 spiro atoms. The molecule has 1 saturated heterocycles. The molecule has 2 aromatic rings. The van der Waals surface area contributed by atoms with Crippen LogP contribution in [0.5, 0.6) is 0 Å². The van der Waals surface area contributed by atoms with Gasteiger partial charge in [0.1, 0.15) is 0 Å². The second-order valence-electron chi connectivity index (χ2n) is 8.36. The molecule has 1 aromatic carbocycles. The molecule has 2 N–H and O–H groups in total. The van der Waals surface area contributed by atoms with Gasteiger partial charge in [-0.15, -0.1) is 0 Å². The summed E-state index contributed by atoms with van der Waals surface area (Å²) in [4.78, 5) is 47.9. The average molecular weight is 449 g/mol. The summed E-state index contributed by atoms with van der Waals surface area (Å²) in [5, 5.41) is 6.91. The minimum Gasteiger partial charge on any atom is -0.332 e. The number of aryl methyl sites for hydroxylation is 1. The second kappa shape index (κ2) is 10.3. The lowest BCUT2D eigenvalue weighted by atomic mass is 9.99. The van der Waals surface area contributed by atoms with E-state index >= 15 is 0 Å². The van der Waals surface area contributed by atoms with Crippen LogP contribution in [0.3, 0.4) is 0 Å². The standard InChI is InChI=1S/C24H28N6O3/c1-16-19(24(33)27-17-7-3-2-4-8-17)15-25-23(26-16)20-9-5-6-14-30(20)22(32)13-11-18-10-12-21(31)29-28-18/h2-4,7-8,15,20H,5-6,9-14H2,1H3,(H,27,33)(H,29,31)/t20-/m1/s1. The zero-order chi connectivity index (χ0) is 23.2. The van der Waals surface area contributed by atoms with Crippen LogP contribution in [0, 0.1) is 6.92 Å². The van der Waals surface area contributed by atoms with E-state index < -0.39 is 0 Å². The maximum absolute atomic E-state index is 13.0. The molecule has 1 fully saturated rings. The van der Waals surface area contributed by atoms with Gasteiger partial charge in [-0.3, -0.25) is 14.4 Å². The first-order valence-corrected chi connectivity index (χ1v) is 11.3. The average Bonchev–Trinajstić information content (AvgIpc) is 2.84. The smallest absolute Gasteiger partial charge is 0.259 e. The van der Waals surface area contributed by atoms with Crippen LogP contribution in [-0.4, -0.2) is 44.8 Å². The molecule has 2 aliphatic rings. The Kier molecular flexibility index (Phi) is 7.07. The number of carbonyl (C=O) groups is 3. The number of amides is 3. The lowest BCUT2D eigenvalue weighted by Gasteiger charge is -2.35. The summed E-state index contributed by atoms with van der Waals surface area (Å²) in [7, 11) is 0. The van der Waals surface area contributed by atoms with E-state index in [1.165, 1.54) is 0 Å². The minimum atomic E-state index is -0.262. The highest BCUT2D eigenvalue weighted by Gasteiger charge is 2.30. The van der Waals surface area contributed by atoms with Gasteiger partial charge in [-0.25, -0.2) is 15.4 Å². The zero-order valence-electron chi connectivity index (χ0n) is 18.7. The third kappa shape index (κ3) is 5.60. The van der Waals surface area contributed by atoms with E-state index in [9.17, 15) is 14.4 Å². The summed E-state index contributed by atoms with van der Waals surface area (Å²) in [5.41, 5.74) is 5.02. The number of piperidine rings is 1. The number of aromatic nitrogens is 2.